The number of halogens is 1. The molecule has 0 aliphatic carbocycles. The van der Waals surface area contributed by atoms with Gasteiger partial charge in [-0.1, -0.05) is 0 Å². The van der Waals surface area contributed by atoms with Crippen LogP contribution in [0.25, 0.3) is 0 Å². The van der Waals surface area contributed by atoms with Crippen molar-refractivity contribution < 1.29 is 45.4 Å². The standard InChI is InChI=1S/Ca.ClH.H4O7P2/c;;1-8(2,3)7-9(4,5)6/h;1H;(H2,1,2,3)(H2,4,5,6)/q+2;;/p-2. The summed E-state index contributed by atoms with van der Waals surface area (Å²) in [4.78, 5) is 32.6. The Labute approximate surface area is 98.0 Å². The minimum Gasteiger partial charge on any atom is -1.00 e. The summed E-state index contributed by atoms with van der Waals surface area (Å²) in [6.45, 7) is 0. The zero-order valence-electron chi connectivity index (χ0n) is 4.95. The van der Waals surface area contributed by atoms with Crippen LogP contribution < -0.4 is 17.3 Å². The second-order valence-corrected chi connectivity index (χ2v) is 3.61. The summed E-state index contributed by atoms with van der Waals surface area (Å²) in [6.07, 6.45) is 0. The van der Waals surface area contributed by atoms with Crippen LogP contribution in [0.15, 0.2) is 0 Å². The van der Waals surface area contributed by atoms with Crippen molar-refractivity contribution in [2.24, 2.45) is 0 Å². The Hall–Kier alpha value is 1.81. The Morgan fingerprint density at radius 1 is 1.18 bits per heavy atom. The molecule has 0 radical (unpaired) electrons. The van der Waals surface area contributed by atoms with Crippen LogP contribution in [-0.2, 0) is 13.4 Å². The fourth-order valence-corrected chi connectivity index (χ4v) is 1.21. The molecule has 0 fully saturated rings. The fraction of sp³-hybridized carbons (Fsp3) is 0. The minimum absolute atomic E-state index is 0. The second kappa shape index (κ2) is 6.29. The molecule has 11 heteroatoms. The van der Waals surface area contributed by atoms with Crippen LogP contribution in [0.3, 0.4) is 0 Å². The minimum atomic E-state index is -5.30. The van der Waals surface area contributed by atoms with Crippen molar-refractivity contribution in [3.05, 3.63) is 0 Å². The Bertz CT molecular complexity index is 157. The normalized spacial score (nSPS) is 15.6. The third-order valence-corrected chi connectivity index (χ3v) is 1.89. The zero-order valence-corrected chi connectivity index (χ0v) is 9.71. The maximum Gasteiger partial charge on any atom is 2.00 e. The van der Waals surface area contributed by atoms with Crippen LogP contribution in [0, 0.1) is 0 Å². The molecule has 0 bridgehead atoms. The molecule has 0 aromatic carbocycles. The second-order valence-electron chi connectivity index (χ2n) is 1.04. The Balaban J connectivity index is -0.000000320. The van der Waals surface area contributed by atoms with Gasteiger partial charge in [-0.2, -0.15) is 0 Å². The molecule has 0 amide bonds. The Morgan fingerprint density at radius 3 is 1.45 bits per heavy atom. The summed E-state index contributed by atoms with van der Waals surface area (Å²) in [5.41, 5.74) is 0. The molecule has 1 unspecified atom stereocenters. The first kappa shape index (κ1) is 18.6. The van der Waals surface area contributed by atoms with Crippen molar-refractivity contribution in [3.63, 3.8) is 0 Å². The maximum absolute atomic E-state index is 9.59. The monoisotopic (exact) mass is 252 g/mol. The molecule has 3 N–H and O–H groups in total. The Morgan fingerprint density at radius 2 is 1.45 bits per heavy atom. The van der Waals surface area contributed by atoms with Crippen LogP contribution in [0.2, 0.25) is 0 Å². The number of hydrogen-bond donors (Lipinski definition) is 3. The average molecular weight is 252 g/mol. The third-order valence-electron chi connectivity index (χ3n) is 0.210. The van der Waals surface area contributed by atoms with E-state index in [1.807, 2.05) is 0 Å². The van der Waals surface area contributed by atoms with Gasteiger partial charge in [-0.3, -0.25) is 4.57 Å². The van der Waals surface area contributed by atoms with Gasteiger partial charge in [0.25, 0.3) is 7.82 Å². The van der Waals surface area contributed by atoms with E-state index in [0.717, 1.165) is 0 Å². The fourth-order valence-electron chi connectivity index (χ4n) is 0.134. The van der Waals surface area contributed by atoms with Crippen LogP contribution in [0.4, 0.5) is 0 Å². The number of hydrogen-bond acceptors (Lipinski definition) is 4. The molecule has 7 nitrogen and oxygen atoms in total. The molecule has 0 saturated carbocycles. The average Bonchev–Trinajstić information content (AvgIpc) is 1.14. The van der Waals surface area contributed by atoms with E-state index in [1.54, 1.807) is 0 Å². The van der Waals surface area contributed by atoms with Gasteiger partial charge in [0.1, 0.15) is 0 Å². The summed E-state index contributed by atoms with van der Waals surface area (Å²) in [6, 6.07) is 0. The van der Waals surface area contributed by atoms with Gasteiger partial charge in [0.2, 0.25) is 0 Å². The van der Waals surface area contributed by atoms with Gasteiger partial charge in [0, 0.05) is 0 Å². The van der Waals surface area contributed by atoms with E-state index < -0.39 is 15.6 Å². The molecular weight excluding hydrogens is 249 g/mol. The van der Waals surface area contributed by atoms with E-state index in [1.165, 1.54) is 0 Å². The summed E-state index contributed by atoms with van der Waals surface area (Å²) >= 11 is 0. The first-order chi connectivity index (χ1) is 3.71. The Kier molecular flexibility index (Phi) is 10.6. The molecule has 64 valence electrons. The predicted octanol–water partition coefficient (Wildman–Crippen LogP) is -4.82. The smallest absolute Gasteiger partial charge is 1.00 e. The van der Waals surface area contributed by atoms with Gasteiger partial charge < -0.3 is 32.0 Å². The van der Waals surface area contributed by atoms with Crippen molar-refractivity contribution in [1.82, 2.24) is 0 Å². The number of phosphoric acid groups is 2. The van der Waals surface area contributed by atoms with Crippen LogP contribution in [0.1, 0.15) is 0 Å². The first-order valence-electron chi connectivity index (χ1n) is 1.51. The summed E-state index contributed by atoms with van der Waals surface area (Å²) in [7, 11) is -10.4. The topological polar surface area (TPSA) is 127 Å². The zero-order chi connectivity index (χ0) is 7.71. The molecule has 0 aromatic heterocycles. The summed E-state index contributed by atoms with van der Waals surface area (Å²) in [5, 5.41) is 0. The molecule has 0 saturated heterocycles. The van der Waals surface area contributed by atoms with Crippen LogP contribution >= 0.6 is 15.6 Å². The van der Waals surface area contributed by atoms with Crippen molar-refractivity contribution in [2.45, 2.75) is 0 Å². The van der Waals surface area contributed by atoms with Gasteiger partial charge in [0.05, 0.1) is 0 Å². The van der Waals surface area contributed by atoms with Gasteiger partial charge >= 0.3 is 45.6 Å². The van der Waals surface area contributed by atoms with E-state index in [-0.39, 0.29) is 50.1 Å². The third kappa shape index (κ3) is 18.6. The van der Waals surface area contributed by atoms with Crippen molar-refractivity contribution in [2.75, 3.05) is 0 Å². The molecular formula is H3CaClO7P2. The predicted molar refractivity (Wildman–Crippen MR) is 28.7 cm³/mol. The molecule has 0 aliphatic heterocycles. The number of rotatable bonds is 2. The van der Waals surface area contributed by atoms with Crippen LogP contribution in [-0.4, -0.2) is 52.4 Å². The largest absolute Gasteiger partial charge is 2.00 e. The summed E-state index contributed by atoms with van der Waals surface area (Å²) in [5.74, 6) is 0. The molecule has 0 aliphatic rings. The van der Waals surface area contributed by atoms with E-state index in [4.69, 9.17) is 14.7 Å². The van der Waals surface area contributed by atoms with E-state index in [0.29, 0.717) is 0 Å². The van der Waals surface area contributed by atoms with Gasteiger partial charge in [0.15, 0.2) is 0 Å². The summed E-state index contributed by atoms with van der Waals surface area (Å²) < 4.78 is 21.9. The van der Waals surface area contributed by atoms with Gasteiger partial charge in [-0.15, -0.1) is 0 Å². The molecule has 0 rings (SSSR count). The molecule has 0 aromatic rings. The molecule has 0 heterocycles. The van der Waals surface area contributed by atoms with E-state index in [9.17, 15) is 14.0 Å². The van der Waals surface area contributed by atoms with E-state index in [2.05, 4.69) is 4.31 Å². The van der Waals surface area contributed by atoms with Gasteiger partial charge in [-0.05, 0) is 0 Å². The molecule has 0 spiro atoms. The maximum atomic E-state index is 9.59. The SMILES string of the molecule is O=P([O-])(O)OP(=O)(O)O.[Ca+2].[Cl-]. The van der Waals surface area contributed by atoms with E-state index >= 15 is 0 Å². The molecule has 11 heavy (non-hydrogen) atoms. The van der Waals surface area contributed by atoms with Crippen LogP contribution in [0.5, 0.6) is 0 Å². The quantitative estimate of drug-likeness (QED) is 0.332. The van der Waals surface area contributed by atoms with Crippen molar-refractivity contribution in [1.29, 1.82) is 0 Å². The van der Waals surface area contributed by atoms with Crippen molar-refractivity contribution in [3.8, 4) is 0 Å². The van der Waals surface area contributed by atoms with Gasteiger partial charge in [-0.25, -0.2) is 8.88 Å². The first-order valence-corrected chi connectivity index (χ1v) is 4.54. The molecule has 1 atom stereocenters. The van der Waals surface area contributed by atoms with Crippen molar-refractivity contribution >= 4 is 53.4 Å².